The summed E-state index contributed by atoms with van der Waals surface area (Å²) in [6.45, 7) is 5.61. The van der Waals surface area contributed by atoms with Crippen molar-refractivity contribution < 1.29 is 9.59 Å². The number of carbonyl (C=O) groups excluding carboxylic acids is 2. The van der Waals surface area contributed by atoms with Gasteiger partial charge in [-0.2, -0.15) is 0 Å². The molecule has 2 aromatic carbocycles. The Morgan fingerprint density at radius 1 is 1.00 bits per heavy atom. The number of nitrogens with two attached hydrogens (primary N) is 1. The monoisotopic (exact) mass is 391 g/mol. The summed E-state index contributed by atoms with van der Waals surface area (Å²) in [5.41, 5.74) is 8.73. The van der Waals surface area contributed by atoms with E-state index in [9.17, 15) is 9.59 Å². The second kappa shape index (κ2) is 9.24. The van der Waals surface area contributed by atoms with E-state index in [0.29, 0.717) is 16.9 Å². The minimum atomic E-state index is -0.700. The van der Waals surface area contributed by atoms with Gasteiger partial charge in [-0.25, -0.2) is 0 Å². The van der Waals surface area contributed by atoms with Crippen molar-refractivity contribution in [3.63, 3.8) is 0 Å². The van der Waals surface area contributed by atoms with Gasteiger partial charge in [0.05, 0.1) is 11.4 Å². The highest BCUT2D eigenvalue weighted by Gasteiger charge is 2.26. The number of nitrogens with zero attached hydrogens (tertiary/aromatic N) is 1. The average Bonchev–Trinajstić information content (AvgIpc) is 2.67. The van der Waals surface area contributed by atoms with Crippen molar-refractivity contribution >= 4 is 28.8 Å². The van der Waals surface area contributed by atoms with Crippen LogP contribution in [0.5, 0.6) is 0 Å². The van der Waals surface area contributed by atoms with Crippen molar-refractivity contribution in [2.24, 2.45) is 5.41 Å². The van der Waals surface area contributed by atoms with Crippen LogP contribution in [0.15, 0.2) is 72.3 Å². The zero-order valence-corrected chi connectivity index (χ0v) is 17.7. The highest BCUT2D eigenvalue weighted by molar-refractivity contribution is 6.02. The zero-order valence-electron chi connectivity index (χ0n) is 17.7. The van der Waals surface area contributed by atoms with Crippen LogP contribution < -0.4 is 16.0 Å². The molecule has 0 atom stereocenters. The molecule has 5 heteroatoms. The Hall–Kier alpha value is -3.34. The smallest absolute Gasteiger partial charge is 0.248 e. The molecule has 0 bridgehead atoms. The first kappa shape index (κ1) is 22.0. The molecule has 2 rings (SSSR count). The minimum Gasteiger partial charge on any atom is -0.397 e. The van der Waals surface area contributed by atoms with E-state index < -0.39 is 5.41 Å². The number of ketones is 1. The Bertz CT molecular complexity index is 939. The number of nitrogen functional groups attached to an aromatic ring is 1. The highest BCUT2D eigenvalue weighted by Crippen LogP contribution is 2.26. The molecule has 2 aromatic rings. The number of benzene rings is 2. The number of para-hydroxylation sites is 2. The van der Waals surface area contributed by atoms with Gasteiger partial charge in [-0.15, -0.1) is 0 Å². The van der Waals surface area contributed by atoms with E-state index in [-0.39, 0.29) is 11.7 Å². The molecule has 0 aliphatic rings. The van der Waals surface area contributed by atoms with Crippen LogP contribution in [0.25, 0.3) is 0 Å². The summed E-state index contributed by atoms with van der Waals surface area (Å²) in [7, 11) is 3.92. The van der Waals surface area contributed by atoms with Crippen molar-refractivity contribution in [2.75, 3.05) is 30.0 Å². The van der Waals surface area contributed by atoms with Gasteiger partial charge in [0, 0.05) is 36.8 Å². The van der Waals surface area contributed by atoms with Crippen LogP contribution in [0.2, 0.25) is 0 Å². The standard InChI is InChI=1S/C24H29N3O2/c1-17(10-15-22(28)26-21-9-7-6-8-20(21)25)16-24(2,3)23(29)18-11-13-19(14-12-18)27(4)5/h6-16H,25H2,1-5H3,(H,26,28). The van der Waals surface area contributed by atoms with Gasteiger partial charge in [0.25, 0.3) is 0 Å². The molecule has 0 unspecified atom stereocenters. The van der Waals surface area contributed by atoms with Crippen molar-refractivity contribution in [2.45, 2.75) is 20.8 Å². The molecular weight excluding hydrogens is 362 g/mol. The van der Waals surface area contributed by atoms with Crippen molar-refractivity contribution in [3.8, 4) is 0 Å². The van der Waals surface area contributed by atoms with Gasteiger partial charge >= 0.3 is 0 Å². The highest BCUT2D eigenvalue weighted by atomic mass is 16.1. The van der Waals surface area contributed by atoms with Gasteiger partial charge < -0.3 is 16.0 Å². The third kappa shape index (κ3) is 6.07. The molecule has 0 aromatic heterocycles. The van der Waals surface area contributed by atoms with Crippen LogP contribution in [0.1, 0.15) is 31.1 Å². The largest absolute Gasteiger partial charge is 0.397 e. The topological polar surface area (TPSA) is 75.4 Å². The van der Waals surface area contributed by atoms with Crippen molar-refractivity contribution in [1.29, 1.82) is 0 Å². The molecule has 29 heavy (non-hydrogen) atoms. The summed E-state index contributed by atoms with van der Waals surface area (Å²) in [4.78, 5) is 27.0. The third-order valence-corrected chi connectivity index (χ3v) is 4.54. The Morgan fingerprint density at radius 3 is 2.21 bits per heavy atom. The number of hydrogen-bond acceptors (Lipinski definition) is 4. The van der Waals surface area contributed by atoms with E-state index >= 15 is 0 Å². The number of carbonyl (C=O) groups is 2. The van der Waals surface area contributed by atoms with Gasteiger partial charge in [-0.1, -0.05) is 29.9 Å². The molecule has 0 heterocycles. The summed E-state index contributed by atoms with van der Waals surface area (Å²) in [6.07, 6.45) is 5.00. The molecule has 0 aliphatic carbocycles. The van der Waals surface area contributed by atoms with Crippen molar-refractivity contribution in [1.82, 2.24) is 0 Å². The Labute approximate surface area is 172 Å². The second-order valence-electron chi connectivity index (χ2n) is 7.79. The van der Waals surface area contributed by atoms with Gasteiger partial charge in [0.15, 0.2) is 5.78 Å². The van der Waals surface area contributed by atoms with Gasteiger partial charge in [0.2, 0.25) is 5.91 Å². The van der Waals surface area contributed by atoms with E-state index in [1.807, 2.05) is 70.1 Å². The molecule has 0 fully saturated rings. The maximum absolute atomic E-state index is 12.9. The SMILES string of the molecule is CC(C=CC(=O)Nc1ccccc1N)=CC(C)(C)C(=O)c1ccc(N(C)C)cc1. The summed E-state index contributed by atoms with van der Waals surface area (Å²) >= 11 is 0. The number of Topliss-reactive ketones (excluding diaryl/α,β-unsaturated/α-hetero) is 1. The number of rotatable bonds is 7. The summed E-state index contributed by atoms with van der Waals surface area (Å²) < 4.78 is 0. The fraction of sp³-hybridized carbons (Fsp3) is 0.250. The molecule has 0 radical (unpaired) electrons. The van der Waals surface area contributed by atoms with E-state index in [2.05, 4.69) is 5.32 Å². The molecule has 0 aliphatic heterocycles. The first-order chi connectivity index (χ1) is 13.6. The lowest BCUT2D eigenvalue weighted by Crippen LogP contribution is -2.22. The molecule has 0 saturated heterocycles. The summed E-state index contributed by atoms with van der Waals surface area (Å²) in [6, 6.07) is 14.6. The molecule has 0 saturated carbocycles. The zero-order chi connectivity index (χ0) is 21.6. The Morgan fingerprint density at radius 2 is 1.62 bits per heavy atom. The Kier molecular flexibility index (Phi) is 6.99. The number of amides is 1. The first-order valence-electron chi connectivity index (χ1n) is 9.45. The molecule has 5 nitrogen and oxygen atoms in total. The fourth-order valence-corrected chi connectivity index (χ4v) is 2.96. The molecule has 152 valence electrons. The number of allylic oxidation sites excluding steroid dienone is 3. The van der Waals surface area contributed by atoms with Crippen molar-refractivity contribution in [3.05, 3.63) is 77.9 Å². The normalized spacial score (nSPS) is 12.1. The van der Waals surface area contributed by atoms with Gasteiger partial charge in [0.1, 0.15) is 0 Å². The maximum atomic E-state index is 12.9. The van der Waals surface area contributed by atoms with E-state index in [1.165, 1.54) is 6.08 Å². The maximum Gasteiger partial charge on any atom is 0.248 e. The third-order valence-electron chi connectivity index (χ3n) is 4.54. The second-order valence-corrected chi connectivity index (χ2v) is 7.79. The summed E-state index contributed by atoms with van der Waals surface area (Å²) in [5, 5.41) is 2.74. The van der Waals surface area contributed by atoms with Crippen LogP contribution in [0, 0.1) is 5.41 Å². The quantitative estimate of drug-likeness (QED) is 0.311. The van der Waals surface area contributed by atoms with Crippen LogP contribution >= 0.6 is 0 Å². The first-order valence-corrected chi connectivity index (χ1v) is 9.45. The number of nitrogens with one attached hydrogen (secondary N) is 1. The molecule has 3 N–H and O–H groups in total. The average molecular weight is 392 g/mol. The molecule has 0 spiro atoms. The van der Waals surface area contributed by atoms with Gasteiger partial charge in [-0.05, 0) is 57.2 Å². The number of hydrogen-bond donors (Lipinski definition) is 2. The van der Waals surface area contributed by atoms with Crippen LogP contribution in [-0.4, -0.2) is 25.8 Å². The minimum absolute atomic E-state index is 0.0251. The Balaban J connectivity index is 2.07. The van der Waals surface area contributed by atoms with Crippen LogP contribution in [-0.2, 0) is 4.79 Å². The number of anilines is 3. The fourth-order valence-electron chi connectivity index (χ4n) is 2.96. The lowest BCUT2D eigenvalue weighted by atomic mass is 9.82. The lowest BCUT2D eigenvalue weighted by Gasteiger charge is -2.20. The van der Waals surface area contributed by atoms with Crippen LogP contribution in [0.3, 0.4) is 0 Å². The predicted molar refractivity (Wildman–Crippen MR) is 121 cm³/mol. The summed E-state index contributed by atoms with van der Waals surface area (Å²) in [5.74, 6) is -0.254. The van der Waals surface area contributed by atoms with Crippen LogP contribution in [0.4, 0.5) is 17.1 Å². The van der Waals surface area contributed by atoms with E-state index in [4.69, 9.17) is 5.73 Å². The predicted octanol–water partition coefficient (Wildman–Crippen LogP) is 4.68. The van der Waals surface area contributed by atoms with E-state index in [1.54, 1.807) is 30.3 Å². The molecular formula is C24H29N3O2. The van der Waals surface area contributed by atoms with Gasteiger partial charge in [-0.3, -0.25) is 9.59 Å². The molecule has 1 amide bonds. The van der Waals surface area contributed by atoms with E-state index in [0.717, 1.165) is 11.3 Å². The lowest BCUT2D eigenvalue weighted by molar-refractivity contribution is -0.111.